The molecule has 0 aromatic carbocycles. The Hall–Kier alpha value is -0.520. The highest BCUT2D eigenvalue weighted by Crippen LogP contribution is 2.59. The minimum absolute atomic E-state index is 0.329. The largest absolute Gasteiger partial charge is 0.103 e. The minimum atomic E-state index is 0.329. The van der Waals surface area contributed by atoms with Crippen LogP contribution in [0.3, 0.4) is 0 Å². The Bertz CT molecular complexity index is 312. The standard InChI is InChI=1S/C15H24/c1-6-14(4)9-10-15(5)11(2)7-8-13(15)12(14)3/h6,8,11-12H,1,7,9-10H2,2-5H3/t11-,12+,14+,15+/m1/s1. The summed E-state index contributed by atoms with van der Waals surface area (Å²) in [5, 5.41) is 0. The van der Waals surface area contributed by atoms with E-state index in [0.717, 1.165) is 5.92 Å². The van der Waals surface area contributed by atoms with Gasteiger partial charge in [0.25, 0.3) is 0 Å². The lowest BCUT2D eigenvalue weighted by Gasteiger charge is -2.48. The maximum absolute atomic E-state index is 4.04. The van der Waals surface area contributed by atoms with Crippen LogP contribution in [0.2, 0.25) is 0 Å². The predicted octanol–water partition coefficient (Wildman–Crippen LogP) is 4.58. The van der Waals surface area contributed by atoms with Crippen molar-refractivity contribution in [2.45, 2.75) is 47.0 Å². The lowest BCUT2D eigenvalue weighted by atomic mass is 9.56. The number of rotatable bonds is 1. The molecule has 0 radical (unpaired) electrons. The van der Waals surface area contributed by atoms with E-state index in [1.807, 2.05) is 0 Å². The van der Waals surface area contributed by atoms with Crippen molar-refractivity contribution >= 4 is 0 Å². The molecule has 84 valence electrons. The summed E-state index contributed by atoms with van der Waals surface area (Å²) < 4.78 is 0. The Morgan fingerprint density at radius 2 is 2.00 bits per heavy atom. The second-order valence-electron chi connectivity index (χ2n) is 6.15. The molecule has 0 N–H and O–H groups in total. The molecule has 0 nitrogen and oxygen atoms in total. The van der Waals surface area contributed by atoms with Crippen molar-refractivity contribution in [3.63, 3.8) is 0 Å². The number of hydrogen-bond acceptors (Lipinski definition) is 0. The van der Waals surface area contributed by atoms with Crippen molar-refractivity contribution in [2.75, 3.05) is 0 Å². The monoisotopic (exact) mass is 204 g/mol. The average molecular weight is 204 g/mol. The van der Waals surface area contributed by atoms with E-state index in [1.54, 1.807) is 5.57 Å². The highest BCUT2D eigenvalue weighted by molar-refractivity contribution is 5.29. The molecule has 0 saturated heterocycles. The normalized spacial score (nSPS) is 49.7. The molecule has 2 aliphatic rings. The minimum Gasteiger partial charge on any atom is -0.103 e. The molecule has 2 rings (SSSR count). The van der Waals surface area contributed by atoms with Gasteiger partial charge in [-0.25, -0.2) is 0 Å². The third-order valence-electron chi connectivity index (χ3n) is 5.54. The third kappa shape index (κ3) is 1.33. The van der Waals surface area contributed by atoms with Gasteiger partial charge in [-0.3, -0.25) is 0 Å². The van der Waals surface area contributed by atoms with Crippen molar-refractivity contribution in [2.24, 2.45) is 22.7 Å². The van der Waals surface area contributed by atoms with Gasteiger partial charge in [0.1, 0.15) is 0 Å². The third-order valence-corrected chi connectivity index (χ3v) is 5.54. The highest BCUT2D eigenvalue weighted by Gasteiger charge is 2.49. The van der Waals surface area contributed by atoms with Gasteiger partial charge in [-0.1, -0.05) is 45.4 Å². The molecule has 0 amide bonds. The van der Waals surface area contributed by atoms with E-state index in [0.29, 0.717) is 16.7 Å². The zero-order valence-corrected chi connectivity index (χ0v) is 10.6. The lowest BCUT2D eigenvalue weighted by molar-refractivity contribution is 0.122. The summed E-state index contributed by atoms with van der Waals surface area (Å²) in [5.41, 5.74) is 2.53. The molecule has 1 fully saturated rings. The van der Waals surface area contributed by atoms with Crippen molar-refractivity contribution in [3.8, 4) is 0 Å². The Balaban J connectivity index is 2.36. The van der Waals surface area contributed by atoms with Crippen LogP contribution in [0.25, 0.3) is 0 Å². The maximum atomic E-state index is 4.04. The van der Waals surface area contributed by atoms with Gasteiger partial charge in [-0.15, -0.1) is 6.58 Å². The molecule has 0 spiro atoms. The van der Waals surface area contributed by atoms with Crippen molar-refractivity contribution in [1.82, 2.24) is 0 Å². The molecule has 0 heteroatoms. The lowest BCUT2D eigenvalue weighted by Crippen LogP contribution is -2.39. The van der Waals surface area contributed by atoms with E-state index < -0.39 is 0 Å². The molecule has 0 aliphatic heterocycles. The fourth-order valence-corrected chi connectivity index (χ4v) is 3.52. The Morgan fingerprint density at radius 3 is 2.60 bits per heavy atom. The molecule has 0 bridgehead atoms. The first-order valence-electron chi connectivity index (χ1n) is 6.28. The van der Waals surface area contributed by atoms with Crippen LogP contribution in [0.15, 0.2) is 24.3 Å². The van der Waals surface area contributed by atoms with Crippen molar-refractivity contribution in [1.29, 1.82) is 0 Å². The van der Waals surface area contributed by atoms with Crippen molar-refractivity contribution < 1.29 is 0 Å². The number of fused-ring (bicyclic) bond motifs is 1. The van der Waals surface area contributed by atoms with Crippen LogP contribution in [0, 0.1) is 22.7 Å². The quantitative estimate of drug-likeness (QED) is 0.548. The zero-order chi connectivity index (χ0) is 11.3. The van der Waals surface area contributed by atoms with E-state index in [9.17, 15) is 0 Å². The van der Waals surface area contributed by atoms with Crippen LogP contribution in [-0.2, 0) is 0 Å². The molecule has 0 heterocycles. The number of allylic oxidation sites excluding steroid dienone is 3. The summed E-state index contributed by atoms with van der Waals surface area (Å²) >= 11 is 0. The van der Waals surface area contributed by atoms with Crippen LogP contribution in [-0.4, -0.2) is 0 Å². The Morgan fingerprint density at radius 1 is 1.33 bits per heavy atom. The van der Waals surface area contributed by atoms with Gasteiger partial charge in [0.15, 0.2) is 0 Å². The van der Waals surface area contributed by atoms with Crippen LogP contribution >= 0.6 is 0 Å². The van der Waals surface area contributed by atoms with Gasteiger partial charge in [0.2, 0.25) is 0 Å². The zero-order valence-electron chi connectivity index (χ0n) is 10.6. The molecule has 2 aliphatic carbocycles. The smallest absolute Gasteiger partial charge is 0.00845 e. The summed E-state index contributed by atoms with van der Waals surface area (Å²) in [5.74, 6) is 1.52. The Labute approximate surface area is 94.5 Å². The summed E-state index contributed by atoms with van der Waals surface area (Å²) in [7, 11) is 0. The topological polar surface area (TPSA) is 0 Å². The van der Waals surface area contributed by atoms with Gasteiger partial charge >= 0.3 is 0 Å². The van der Waals surface area contributed by atoms with Gasteiger partial charge in [-0.2, -0.15) is 0 Å². The molecular weight excluding hydrogens is 180 g/mol. The molecular formula is C15H24. The molecule has 0 aromatic rings. The molecule has 4 atom stereocenters. The van der Waals surface area contributed by atoms with E-state index >= 15 is 0 Å². The second kappa shape index (κ2) is 3.23. The van der Waals surface area contributed by atoms with Gasteiger partial charge in [0.05, 0.1) is 0 Å². The van der Waals surface area contributed by atoms with E-state index in [-0.39, 0.29) is 0 Å². The predicted molar refractivity (Wildman–Crippen MR) is 66.7 cm³/mol. The van der Waals surface area contributed by atoms with Gasteiger partial charge in [0, 0.05) is 0 Å². The Kier molecular flexibility index (Phi) is 2.37. The maximum Gasteiger partial charge on any atom is -0.00845 e. The van der Waals surface area contributed by atoms with Crippen LogP contribution in [0.5, 0.6) is 0 Å². The summed E-state index contributed by atoms with van der Waals surface area (Å²) in [6.07, 6.45) is 8.61. The highest BCUT2D eigenvalue weighted by atomic mass is 14.5. The van der Waals surface area contributed by atoms with E-state index in [4.69, 9.17) is 0 Å². The SMILES string of the molecule is C=C[C@@]1(C)CC[C@]2(C)C(=CC[C@H]2C)[C@@H]1C. The first kappa shape index (κ1) is 11.0. The first-order chi connectivity index (χ1) is 6.94. The van der Waals surface area contributed by atoms with Crippen LogP contribution in [0.1, 0.15) is 47.0 Å². The van der Waals surface area contributed by atoms with E-state index in [1.165, 1.54) is 19.3 Å². The molecule has 15 heavy (non-hydrogen) atoms. The van der Waals surface area contributed by atoms with Gasteiger partial charge in [-0.05, 0) is 41.9 Å². The summed E-state index contributed by atoms with van der Waals surface area (Å²) in [6, 6.07) is 0. The summed E-state index contributed by atoms with van der Waals surface area (Å²) in [6.45, 7) is 13.7. The fraction of sp³-hybridized carbons (Fsp3) is 0.733. The van der Waals surface area contributed by atoms with Crippen molar-refractivity contribution in [3.05, 3.63) is 24.3 Å². The second-order valence-corrected chi connectivity index (χ2v) is 6.15. The molecule has 0 aromatic heterocycles. The average Bonchev–Trinajstić information content (AvgIpc) is 2.52. The van der Waals surface area contributed by atoms with Crippen LogP contribution < -0.4 is 0 Å². The number of hydrogen-bond donors (Lipinski definition) is 0. The summed E-state index contributed by atoms with van der Waals surface area (Å²) in [4.78, 5) is 0. The van der Waals surface area contributed by atoms with Gasteiger partial charge < -0.3 is 0 Å². The fourth-order valence-electron chi connectivity index (χ4n) is 3.52. The first-order valence-corrected chi connectivity index (χ1v) is 6.28. The van der Waals surface area contributed by atoms with Crippen LogP contribution in [0.4, 0.5) is 0 Å². The van der Waals surface area contributed by atoms with E-state index in [2.05, 4.69) is 46.4 Å². The molecule has 0 unspecified atom stereocenters. The molecule has 1 saturated carbocycles.